The maximum atomic E-state index is 13.3. The lowest BCUT2D eigenvalue weighted by atomic mass is 10.2. The fourth-order valence-corrected chi connectivity index (χ4v) is 4.18. The molecule has 0 atom stereocenters. The molecule has 1 aliphatic rings. The summed E-state index contributed by atoms with van der Waals surface area (Å²) in [6, 6.07) is 15.2. The standard InChI is InChI=1S/C31H38N6O6/c1-31(2,3)43-30(40)35-24-10-7-6-9-23(24)34-28(38)25-13-11-21(18-32-25)19-37(16-8-15-36(4)5)29(39)33-22-12-14-26-27(17-22)42-20-41-26/h6-7,9-14,17-18H,8,15-16,19-20H2,1-5H3,(H,33,39)(H,34,38)(H,35,40). The van der Waals surface area contributed by atoms with Crippen LogP contribution in [0.1, 0.15) is 43.2 Å². The van der Waals surface area contributed by atoms with Gasteiger partial charge in [-0.2, -0.15) is 0 Å². The molecule has 2 aromatic carbocycles. The van der Waals surface area contributed by atoms with Gasteiger partial charge in [0.2, 0.25) is 6.79 Å². The molecule has 0 unspecified atom stereocenters. The number of carbonyl (C=O) groups excluding carboxylic acids is 3. The summed E-state index contributed by atoms with van der Waals surface area (Å²) in [5, 5.41) is 8.38. The van der Waals surface area contributed by atoms with Crippen LogP contribution < -0.4 is 25.4 Å². The second kappa shape index (κ2) is 13.9. The maximum Gasteiger partial charge on any atom is 0.412 e. The van der Waals surface area contributed by atoms with Crippen LogP contribution in [0.2, 0.25) is 0 Å². The van der Waals surface area contributed by atoms with Crippen LogP contribution >= 0.6 is 0 Å². The van der Waals surface area contributed by atoms with Crippen molar-refractivity contribution in [1.82, 2.24) is 14.8 Å². The molecular weight excluding hydrogens is 552 g/mol. The van der Waals surface area contributed by atoms with E-state index in [2.05, 4.69) is 25.8 Å². The third kappa shape index (κ3) is 9.33. The number of rotatable bonds is 10. The van der Waals surface area contributed by atoms with Gasteiger partial charge in [0, 0.05) is 31.0 Å². The van der Waals surface area contributed by atoms with Crippen molar-refractivity contribution < 1.29 is 28.6 Å². The van der Waals surface area contributed by atoms with E-state index in [4.69, 9.17) is 14.2 Å². The SMILES string of the molecule is CN(C)CCCN(Cc1ccc(C(=O)Nc2ccccc2NC(=O)OC(C)(C)C)nc1)C(=O)Nc1ccc2c(c1)OCO2. The Labute approximate surface area is 251 Å². The van der Waals surface area contributed by atoms with Gasteiger partial charge < -0.3 is 34.6 Å². The Balaban J connectivity index is 1.40. The van der Waals surface area contributed by atoms with Crippen LogP contribution in [0.4, 0.5) is 26.7 Å². The van der Waals surface area contributed by atoms with Crippen molar-refractivity contribution >= 4 is 35.1 Å². The Hall–Kier alpha value is -4.84. The molecule has 2 heterocycles. The average molecular weight is 591 g/mol. The van der Waals surface area contributed by atoms with Gasteiger partial charge in [-0.3, -0.25) is 15.1 Å². The summed E-state index contributed by atoms with van der Waals surface area (Å²) in [4.78, 5) is 46.6. The molecule has 4 rings (SSSR count). The molecule has 12 nitrogen and oxygen atoms in total. The first-order chi connectivity index (χ1) is 20.5. The zero-order valence-corrected chi connectivity index (χ0v) is 25.1. The molecule has 0 spiro atoms. The van der Waals surface area contributed by atoms with Gasteiger partial charge in [0.25, 0.3) is 5.91 Å². The normalized spacial score (nSPS) is 12.0. The van der Waals surface area contributed by atoms with E-state index >= 15 is 0 Å². The van der Waals surface area contributed by atoms with Gasteiger partial charge in [0.1, 0.15) is 11.3 Å². The first kappa shape index (κ1) is 31.1. The number of carbonyl (C=O) groups is 3. The van der Waals surface area contributed by atoms with Gasteiger partial charge in [0.15, 0.2) is 11.5 Å². The molecule has 0 aliphatic carbocycles. The predicted octanol–water partition coefficient (Wildman–Crippen LogP) is 5.40. The highest BCUT2D eigenvalue weighted by atomic mass is 16.7. The fraction of sp³-hybridized carbons (Fsp3) is 0.355. The minimum absolute atomic E-state index is 0.153. The molecular formula is C31H38N6O6. The summed E-state index contributed by atoms with van der Waals surface area (Å²) in [6.45, 7) is 7.08. The number of anilines is 3. The van der Waals surface area contributed by atoms with E-state index in [1.807, 2.05) is 14.1 Å². The molecule has 0 saturated heterocycles. The van der Waals surface area contributed by atoms with Crippen molar-refractivity contribution in [3.8, 4) is 11.5 Å². The van der Waals surface area contributed by atoms with E-state index in [0.29, 0.717) is 41.7 Å². The zero-order chi connectivity index (χ0) is 31.0. The van der Waals surface area contributed by atoms with Crippen LogP contribution in [0.5, 0.6) is 11.5 Å². The Bertz CT molecular complexity index is 1440. The van der Waals surface area contributed by atoms with Crippen LogP contribution in [0.25, 0.3) is 0 Å². The first-order valence-corrected chi connectivity index (χ1v) is 13.9. The minimum atomic E-state index is -0.664. The molecule has 0 fully saturated rings. The second-order valence-electron chi connectivity index (χ2n) is 11.3. The summed E-state index contributed by atoms with van der Waals surface area (Å²) in [7, 11) is 3.97. The Kier molecular flexibility index (Phi) is 10.0. The highest BCUT2D eigenvalue weighted by Gasteiger charge is 2.20. The molecule has 43 heavy (non-hydrogen) atoms. The predicted molar refractivity (Wildman–Crippen MR) is 164 cm³/mol. The smallest absolute Gasteiger partial charge is 0.412 e. The Morgan fingerprint density at radius 2 is 1.63 bits per heavy atom. The molecule has 1 aromatic heterocycles. The largest absolute Gasteiger partial charge is 0.454 e. The number of fused-ring (bicyclic) bond motifs is 1. The Morgan fingerprint density at radius 1 is 0.907 bits per heavy atom. The number of nitrogens with one attached hydrogen (secondary N) is 3. The topological polar surface area (TPSA) is 134 Å². The van der Waals surface area contributed by atoms with Crippen LogP contribution in [0.3, 0.4) is 0 Å². The van der Waals surface area contributed by atoms with E-state index in [9.17, 15) is 14.4 Å². The molecule has 12 heteroatoms. The summed E-state index contributed by atoms with van der Waals surface area (Å²) >= 11 is 0. The third-order valence-electron chi connectivity index (χ3n) is 6.19. The zero-order valence-electron chi connectivity index (χ0n) is 25.1. The average Bonchev–Trinajstić information content (AvgIpc) is 3.41. The van der Waals surface area contributed by atoms with E-state index < -0.39 is 17.6 Å². The monoisotopic (exact) mass is 590 g/mol. The summed E-state index contributed by atoms with van der Waals surface area (Å²) < 4.78 is 16.1. The third-order valence-corrected chi connectivity index (χ3v) is 6.19. The van der Waals surface area contributed by atoms with Gasteiger partial charge in [-0.25, -0.2) is 9.59 Å². The van der Waals surface area contributed by atoms with E-state index in [1.54, 1.807) is 86.5 Å². The number of pyridine rings is 1. The molecule has 0 bridgehead atoms. The highest BCUT2D eigenvalue weighted by molar-refractivity contribution is 6.05. The highest BCUT2D eigenvalue weighted by Crippen LogP contribution is 2.34. The molecule has 0 saturated carbocycles. The number of benzene rings is 2. The second-order valence-corrected chi connectivity index (χ2v) is 11.3. The summed E-state index contributed by atoms with van der Waals surface area (Å²) in [5.41, 5.74) is 1.66. The van der Waals surface area contributed by atoms with Crippen LogP contribution in [-0.4, -0.2) is 72.4 Å². The van der Waals surface area contributed by atoms with Crippen LogP contribution in [-0.2, 0) is 11.3 Å². The number of urea groups is 1. The molecule has 3 N–H and O–H groups in total. The van der Waals surface area contributed by atoms with Crippen molar-refractivity contribution in [1.29, 1.82) is 0 Å². The van der Waals surface area contributed by atoms with Gasteiger partial charge in [0.05, 0.1) is 11.4 Å². The summed E-state index contributed by atoms with van der Waals surface area (Å²) in [6.07, 6.45) is 1.72. The van der Waals surface area contributed by atoms with Crippen molar-refractivity contribution in [3.05, 3.63) is 72.1 Å². The molecule has 4 amide bonds. The number of ether oxygens (including phenoxy) is 3. The lowest BCUT2D eigenvalue weighted by Crippen LogP contribution is -2.36. The number of hydrogen-bond acceptors (Lipinski definition) is 8. The van der Waals surface area contributed by atoms with E-state index in [0.717, 1.165) is 18.5 Å². The van der Waals surface area contributed by atoms with Gasteiger partial charge in [-0.15, -0.1) is 0 Å². The minimum Gasteiger partial charge on any atom is -0.454 e. The Morgan fingerprint density at radius 3 is 2.30 bits per heavy atom. The molecule has 3 aromatic rings. The number of amides is 4. The van der Waals surface area contributed by atoms with E-state index in [-0.39, 0.29) is 18.5 Å². The van der Waals surface area contributed by atoms with Gasteiger partial charge in [-0.1, -0.05) is 18.2 Å². The van der Waals surface area contributed by atoms with Crippen LogP contribution in [0.15, 0.2) is 60.8 Å². The van der Waals surface area contributed by atoms with Crippen molar-refractivity contribution in [2.24, 2.45) is 0 Å². The lowest BCUT2D eigenvalue weighted by molar-refractivity contribution is 0.0635. The number of hydrogen-bond donors (Lipinski definition) is 3. The summed E-state index contributed by atoms with van der Waals surface area (Å²) in [5.74, 6) is 0.769. The molecule has 1 aliphatic heterocycles. The maximum absolute atomic E-state index is 13.3. The number of aromatic nitrogens is 1. The van der Waals surface area contributed by atoms with E-state index in [1.165, 1.54) is 0 Å². The quantitative estimate of drug-likeness (QED) is 0.286. The number of nitrogens with zero attached hydrogens (tertiary/aromatic N) is 3. The number of para-hydroxylation sites is 2. The fourth-order valence-electron chi connectivity index (χ4n) is 4.18. The lowest BCUT2D eigenvalue weighted by Gasteiger charge is -2.24. The van der Waals surface area contributed by atoms with Crippen molar-refractivity contribution in [2.75, 3.05) is 49.9 Å². The first-order valence-electron chi connectivity index (χ1n) is 13.9. The van der Waals surface area contributed by atoms with Gasteiger partial charge in [-0.05, 0) is 83.7 Å². The molecule has 228 valence electrons. The van der Waals surface area contributed by atoms with Crippen molar-refractivity contribution in [2.45, 2.75) is 39.3 Å². The van der Waals surface area contributed by atoms with Gasteiger partial charge >= 0.3 is 12.1 Å². The molecule has 0 radical (unpaired) electrons. The van der Waals surface area contributed by atoms with Crippen molar-refractivity contribution in [3.63, 3.8) is 0 Å². The van der Waals surface area contributed by atoms with Crippen LogP contribution in [0, 0.1) is 0 Å².